The number of thiazole rings is 1. The zero-order valence-electron chi connectivity index (χ0n) is 8.53. The Morgan fingerprint density at radius 3 is 3.21 bits per heavy atom. The molecule has 0 fully saturated rings. The first-order chi connectivity index (χ1) is 6.77. The van der Waals surface area contributed by atoms with E-state index >= 15 is 0 Å². The summed E-state index contributed by atoms with van der Waals surface area (Å²) in [5.74, 6) is 1.41. The maximum absolute atomic E-state index is 4.73. The molecule has 3 rings (SSSR count). The van der Waals surface area contributed by atoms with E-state index in [1.807, 2.05) is 0 Å². The molecule has 3 heteroatoms. The van der Waals surface area contributed by atoms with Crippen molar-refractivity contribution in [1.29, 1.82) is 0 Å². The lowest BCUT2D eigenvalue weighted by molar-refractivity contribution is 0.415. The van der Waals surface area contributed by atoms with E-state index < -0.39 is 0 Å². The van der Waals surface area contributed by atoms with E-state index in [1.54, 1.807) is 11.3 Å². The van der Waals surface area contributed by atoms with Crippen molar-refractivity contribution < 1.29 is 0 Å². The van der Waals surface area contributed by atoms with Gasteiger partial charge in [0.1, 0.15) is 0 Å². The molecule has 2 atom stereocenters. The van der Waals surface area contributed by atoms with Crippen molar-refractivity contribution in [2.45, 2.75) is 32.6 Å². The quantitative estimate of drug-likeness (QED) is 0.647. The highest BCUT2D eigenvalue weighted by Crippen LogP contribution is 2.36. The Morgan fingerprint density at radius 2 is 2.36 bits per heavy atom. The second-order valence-electron chi connectivity index (χ2n) is 4.30. The number of imidazole rings is 1. The average Bonchev–Trinajstić information content (AvgIpc) is 2.71. The first kappa shape index (κ1) is 8.48. The van der Waals surface area contributed by atoms with Gasteiger partial charge in [0, 0.05) is 23.2 Å². The van der Waals surface area contributed by atoms with Crippen LogP contribution in [0.15, 0.2) is 11.6 Å². The molecule has 2 aromatic heterocycles. The van der Waals surface area contributed by atoms with Gasteiger partial charge in [-0.2, -0.15) is 0 Å². The van der Waals surface area contributed by atoms with E-state index in [9.17, 15) is 0 Å². The van der Waals surface area contributed by atoms with Crippen molar-refractivity contribution in [3.8, 4) is 0 Å². The number of hydrogen-bond donors (Lipinski definition) is 0. The molecule has 0 spiro atoms. The SMILES string of the molecule is CC1CCc2c(nc3sccn23)C1C. The molecule has 0 aliphatic heterocycles. The zero-order chi connectivity index (χ0) is 9.71. The highest BCUT2D eigenvalue weighted by molar-refractivity contribution is 7.15. The van der Waals surface area contributed by atoms with E-state index in [0.717, 1.165) is 10.9 Å². The predicted octanol–water partition coefficient (Wildman–Crippen LogP) is 3.08. The molecule has 0 aromatic carbocycles. The molecule has 0 amide bonds. The Balaban J connectivity index is 2.24. The molecule has 0 saturated carbocycles. The summed E-state index contributed by atoms with van der Waals surface area (Å²) in [5, 5.41) is 2.12. The van der Waals surface area contributed by atoms with Crippen molar-refractivity contribution in [2.24, 2.45) is 5.92 Å². The summed E-state index contributed by atoms with van der Waals surface area (Å²) in [6.45, 7) is 4.64. The Labute approximate surface area is 87.6 Å². The lowest BCUT2D eigenvalue weighted by Gasteiger charge is -2.24. The molecule has 2 unspecified atom stereocenters. The molecule has 14 heavy (non-hydrogen) atoms. The summed E-state index contributed by atoms with van der Waals surface area (Å²) in [4.78, 5) is 5.89. The molecular weight excluding hydrogens is 192 g/mol. The largest absolute Gasteiger partial charge is 0.294 e. The summed E-state index contributed by atoms with van der Waals surface area (Å²) < 4.78 is 2.27. The molecule has 1 aliphatic rings. The fourth-order valence-electron chi connectivity index (χ4n) is 2.35. The Morgan fingerprint density at radius 1 is 1.50 bits per heavy atom. The normalized spacial score (nSPS) is 26.7. The zero-order valence-corrected chi connectivity index (χ0v) is 9.34. The van der Waals surface area contributed by atoms with Crippen LogP contribution in [0.3, 0.4) is 0 Å². The van der Waals surface area contributed by atoms with Crippen LogP contribution in [0.2, 0.25) is 0 Å². The number of rotatable bonds is 0. The molecule has 74 valence electrons. The number of hydrogen-bond acceptors (Lipinski definition) is 2. The summed E-state index contributed by atoms with van der Waals surface area (Å²) in [6.07, 6.45) is 4.64. The summed E-state index contributed by atoms with van der Waals surface area (Å²) in [6, 6.07) is 0. The molecule has 0 bridgehead atoms. The lowest BCUT2D eigenvalue weighted by Crippen LogP contribution is -2.16. The molecule has 0 saturated heterocycles. The van der Waals surface area contributed by atoms with Gasteiger partial charge in [-0.05, 0) is 18.8 Å². The monoisotopic (exact) mass is 206 g/mol. The molecule has 0 radical (unpaired) electrons. The number of nitrogens with zero attached hydrogens (tertiary/aromatic N) is 2. The minimum Gasteiger partial charge on any atom is -0.294 e. The van der Waals surface area contributed by atoms with Gasteiger partial charge in [0.2, 0.25) is 0 Å². The van der Waals surface area contributed by atoms with Crippen LogP contribution < -0.4 is 0 Å². The Bertz CT molecular complexity index is 469. The van der Waals surface area contributed by atoms with Crippen molar-refractivity contribution >= 4 is 16.3 Å². The predicted molar refractivity (Wildman–Crippen MR) is 59.0 cm³/mol. The molecule has 2 heterocycles. The van der Waals surface area contributed by atoms with Gasteiger partial charge in [0.15, 0.2) is 4.96 Å². The highest BCUT2D eigenvalue weighted by Gasteiger charge is 2.27. The van der Waals surface area contributed by atoms with E-state index in [0.29, 0.717) is 5.92 Å². The smallest absolute Gasteiger partial charge is 0.194 e. The fourth-order valence-corrected chi connectivity index (χ4v) is 3.09. The van der Waals surface area contributed by atoms with Crippen molar-refractivity contribution in [2.75, 3.05) is 0 Å². The molecule has 1 aliphatic carbocycles. The van der Waals surface area contributed by atoms with Crippen LogP contribution in [0.1, 0.15) is 37.6 Å². The van der Waals surface area contributed by atoms with Crippen LogP contribution in [0.4, 0.5) is 0 Å². The van der Waals surface area contributed by atoms with Crippen LogP contribution in [0.5, 0.6) is 0 Å². The van der Waals surface area contributed by atoms with Gasteiger partial charge in [-0.1, -0.05) is 13.8 Å². The standard InChI is InChI=1S/C11H14N2S/c1-7-3-4-9-10(8(7)2)12-11-13(9)5-6-14-11/h5-8H,3-4H2,1-2H3. The fraction of sp³-hybridized carbons (Fsp3) is 0.545. The van der Waals surface area contributed by atoms with Crippen LogP contribution in [0, 0.1) is 5.92 Å². The highest BCUT2D eigenvalue weighted by atomic mass is 32.1. The third kappa shape index (κ3) is 0.989. The van der Waals surface area contributed by atoms with Gasteiger partial charge in [-0.3, -0.25) is 4.40 Å². The second-order valence-corrected chi connectivity index (χ2v) is 5.18. The van der Waals surface area contributed by atoms with E-state index in [1.165, 1.54) is 24.2 Å². The first-order valence-electron chi connectivity index (χ1n) is 5.21. The third-order valence-electron chi connectivity index (χ3n) is 3.51. The maximum atomic E-state index is 4.73. The maximum Gasteiger partial charge on any atom is 0.194 e. The van der Waals surface area contributed by atoms with E-state index in [4.69, 9.17) is 4.98 Å². The summed E-state index contributed by atoms with van der Waals surface area (Å²) in [5.41, 5.74) is 2.79. The van der Waals surface area contributed by atoms with Crippen molar-refractivity contribution in [3.05, 3.63) is 23.0 Å². The minimum atomic E-state index is 0.630. The van der Waals surface area contributed by atoms with Crippen LogP contribution in [-0.2, 0) is 6.42 Å². The summed E-state index contributed by atoms with van der Waals surface area (Å²) >= 11 is 1.74. The number of aryl methyl sites for hydroxylation is 1. The van der Waals surface area contributed by atoms with Crippen LogP contribution in [-0.4, -0.2) is 9.38 Å². The average molecular weight is 206 g/mol. The second kappa shape index (κ2) is 2.83. The van der Waals surface area contributed by atoms with Gasteiger partial charge in [-0.15, -0.1) is 11.3 Å². The van der Waals surface area contributed by atoms with E-state index in [-0.39, 0.29) is 0 Å². The van der Waals surface area contributed by atoms with Gasteiger partial charge in [-0.25, -0.2) is 4.98 Å². The molecule has 2 aromatic rings. The van der Waals surface area contributed by atoms with Gasteiger partial charge in [0.25, 0.3) is 0 Å². The topological polar surface area (TPSA) is 17.3 Å². The van der Waals surface area contributed by atoms with Gasteiger partial charge in [0.05, 0.1) is 5.69 Å². The van der Waals surface area contributed by atoms with Gasteiger partial charge < -0.3 is 0 Å². The molecule has 2 nitrogen and oxygen atoms in total. The van der Waals surface area contributed by atoms with Gasteiger partial charge >= 0.3 is 0 Å². The van der Waals surface area contributed by atoms with Crippen LogP contribution in [0.25, 0.3) is 4.96 Å². The van der Waals surface area contributed by atoms with E-state index in [2.05, 4.69) is 29.8 Å². The van der Waals surface area contributed by atoms with Crippen molar-refractivity contribution in [1.82, 2.24) is 9.38 Å². The van der Waals surface area contributed by atoms with Crippen LogP contribution >= 0.6 is 11.3 Å². The molecular formula is C11H14N2S. The summed E-state index contributed by atoms with van der Waals surface area (Å²) in [7, 11) is 0. The Hall–Kier alpha value is -0.830. The Kier molecular flexibility index (Phi) is 1.71. The first-order valence-corrected chi connectivity index (χ1v) is 6.09. The third-order valence-corrected chi connectivity index (χ3v) is 4.27. The number of fused-ring (bicyclic) bond motifs is 3. The number of aromatic nitrogens is 2. The minimum absolute atomic E-state index is 0.630. The van der Waals surface area contributed by atoms with Crippen molar-refractivity contribution in [3.63, 3.8) is 0 Å². The molecule has 0 N–H and O–H groups in total. The lowest BCUT2D eigenvalue weighted by atomic mass is 9.82.